The molecule has 0 aliphatic carbocycles. The highest BCUT2D eigenvalue weighted by Crippen LogP contribution is 2.25. The van der Waals surface area contributed by atoms with Gasteiger partial charge in [-0.3, -0.25) is 4.29 Å². The molecule has 0 amide bonds. The van der Waals surface area contributed by atoms with Crippen molar-refractivity contribution in [3.8, 4) is 17.2 Å². The minimum absolute atomic E-state index is 0.360. The molecule has 4 rings (SSSR count). The van der Waals surface area contributed by atoms with Gasteiger partial charge in [-0.2, -0.15) is 5.26 Å². The van der Waals surface area contributed by atoms with Crippen LogP contribution in [0, 0.1) is 11.3 Å². The number of aromatic nitrogens is 2. The van der Waals surface area contributed by atoms with Crippen molar-refractivity contribution in [3.05, 3.63) is 89.2 Å². The van der Waals surface area contributed by atoms with Crippen molar-refractivity contribution < 1.29 is 4.29 Å². The maximum Gasteiger partial charge on any atom is 0.110 e. The lowest BCUT2D eigenvalue weighted by molar-refractivity contribution is 0.341. The molecule has 0 N–H and O–H groups in total. The van der Waals surface area contributed by atoms with E-state index in [4.69, 9.17) is 21.1 Å². The van der Waals surface area contributed by atoms with Gasteiger partial charge in [-0.1, -0.05) is 55.5 Å². The van der Waals surface area contributed by atoms with Crippen molar-refractivity contribution in [2.24, 2.45) is 0 Å². The molecule has 0 unspecified atom stereocenters. The third kappa shape index (κ3) is 4.09. The first-order chi connectivity index (χ1) is 14.7. The summed E-state index contributed by atoms with van der Waals surface area (Å²) in [5.74, 6) is 1.08. The minimum atomic E-state index is 0.360. The fourth-order valence-corrected chi connectivity index (χ4v) is 3.89. The number of nitrogens with zero attached hydrogens (tertiary/aromatic N) is 3. The molecule has 4 aromatic rings. The van der Waals surface area contributed by atoms with Crippen molar-refractivity contribution in [1.29, 1.82) is 5.26 Å². The summed E-state index contributed by atoms with van der Waals surface area (Å²) >= 11 is 5.46. The molecule has 0 saturated carbocycles. The average Bonchev–Trinajstić information content (AvgIpc) is 3.11. The molecule has 0 fully saturated rings. The molecule has 3 aromatic carbocycles. The first kappa shape index (κ1) is 20.2. The predicted molar refractivity (Wildman–Crippen MR) is 120 cm³/mol. The molecule has 0 aliphatic rings. The van der Waals surface area contributed by atoms with Gasteiger partial charge in [0.25, 0.3) is 0 Å². The van der Waals surface area contributed by atoms with Crippen molar-refractivity contribution in [2.75, 3.05) is 0 Å². The topological polar surface area (TPSA) is 50.8 Å². The number of imidazole rings is 1. The molecule has 1 heterocycles. The first-order valence-corrected chi connectivity index (χ1v) is 10.3. The molecular formula is C25H22ClN3O. The molecule has 0 radical (unpaired) electrons. The van der Waals surface area contributed by atoms with E-state index < -0.39 is 0 Å². The van der Waals surface area contributed by atoms with Crippen LogP contribution in [0.4, 0.5) is 0 Å². The third-order valence-corrected chi connectivity index (χ3v) is 5.35. The fraction of sp³-hybridized carbons (Fsp3) is 0.200. The number of aryl methyl sites for hydroxylation is 1. The molecule has 5 heteroatoms. The Kier molecular flexibility index (Phi) is 6.13. The maximum absolute atomic E-state index is 9.37. The van der Waals surface area contributed by atoms with Crippen molar-refractivity contribution in [3.63, 3.8) is 0 Å². The molecule has 30 heavy (non-hydrogen) atoms. The van der Waals surface area contributed by atoms with Crippen molar-refractivity contribution >= 4 is 22.9 Å². The Balaban J connectivity index is 1.68. The van der Waals surface area contributed by atoms with E-state index in [2.05, 4.69) is 47.9 Å². The predicted octanol–water partition coefficient (Wildman–Crippen LogP) is 6.25. The van der Waals surface area contributed by atoms with Gasteiger partial charge in [0, 0.05) is 13.0 Å². The van der Waals surface area contributed by atoms with Crippen LogP contribution < -0.4 is 0 Å². The highest BCUT2D eigenvalue weighted by molar-refractivity contribution is 6.07. The van der Waals surface area contributed by atoms with Gasteiger partial charge in [0.1, 0.15) is 5.82 Å². The summed E-state index contributed by atoms with van der Waals surface area (Å²) in [4.78, 5) is 4.84. The minimum Gasteiger partial charge on any atom is -0.323 e. The summed E-state index contributed by atoms with van der Waals surface area (Å²) in [5.41, 5.74) is 6.96. The number of fused-ring (bicyclic) bond motifs is 1. The lowest BCUT2D eigenvalue weighted by Gasteiger charge is -2.11. The van der Waals surface area contributed by atoms with Gasteiger partial charge in [0.05, 0.1) is 41.1 Å². The number of halogens is 1. The number of rotatable bonds is 7. The van der Waals surface area contributed by atoms with Crippen LogP contribution in [0.2, 0.25) is 0 Å². The van der Waals surface area contributed by atoms with Crippen LogP contribution in [-0.4, -0.2) is 9.55 Å². The number of nitriles is 1. The Hall–Kier alpha value is -3.13. The van der Waals surface area contributed by atoms with Crippen LogP contribution in [0.5, 0.6) is 0 Å². The molecule has 0 bridgehead atoms. The van der Waals surface area contributed by atoms with Gasteiger partial charge in [-0.25, -0.2) is 4.98 Å². The molecular weight excluding hydrogens is 394 g/mol. The van der Waals surface area contributed by atoms with E-state index in [0.29, 0.717) is 12.2 Å². The molecule has 0 spiro atoms. The van der Waals surface area contributed by atoms with Gasteiger partial charge < -0.3 is 4.57 Å². The van der Waals surface area contributed by atoms with Crippen LogP contribution in [0.1, 0.15) is 35.9 Å². The van der Waals surface area contributed by atoms with E-state index in [1.54, 1.807) is 0 Å². The number of benzene rings is 3. The zero-order chi connectivity index (χ0) is 20.9. The summed E-state index contributed by atoms with van der Waals surface area (Å²) in [7, 11) is 0. The summed E-state index contributed by atoms with van der Waals surface area (Å²) in [6.07, 6.45) is 1.95. The third-order valence-electron chi connectivity index (χ3n) is 5.24. The Labute approximate surface area is 181 Å². The highest BCUT2D eigenvalue weighted by atomic mass is 35.5. The van der Waals surface area contributed by atoms with Crippen molar-refractivity contribution in [1.82, 2.24) is 9.55 Å². The molecule has 150 valence electrons. The van der Waals surface area contributed by atoms with Gasteiger partial charge in [-0.05, 0) is 46.9 Å². The van der Waals surface area contributed by atoms with E-state index in [1.807, 2.05) is 36.4 Å². The Morgan fingerprint density at radius 1 is 1.03 bits per heavy atom. The van der Waals surface area contributed by atoms with E-state index in [-0.39, 0.29) is 0 Å². The molecule has 4 nitrogen and oxygen atoms in total. The number of hydrogen-bond acceptors (Lipinski definition) is 3. The van der Waals surface area contributed by atoms with E-state index in [0.717, 1.165) is 52.9 Å². The summed E-state index contributed by atoms with van der Waals surface area (Å²) < 4.78 is 7.06. The SMILES string of the molecule is CCCc1nc2ccc(COCl)cc2n1Cc1ccc(-c2ccccc2C#N)cc1. The fourth-order valence-electron chi connectivity index (χ4n) is 3.77. The molecule has 0 atom stereocenters. The zero-order valence-corrected chi connectivity index (χ0v) is 17.6. The van der Waals surface area contributed by atoms with E-state index in [1.165, 1.54) is 5.56 Å². The van der Waals surface area contributed by atoms with Crippen LogP contribution >= 0.6 is 11.9 Å². The quantitative estimate of drug-likeness (QED) is 0.358. The normalized spacial score (nSPS) is 11.0. The second-order valence-electron chi connectivity index (χ2n) is 7.30. The molecule has 1 aromatic heterocycles. The Morgan fingerprint density at radius 3 is 2.53 bits per heavy atom. The molecule has 0 saturated heterocycles. The first-order valence-electron chi connectivity index (χ1n) is 10.0. The van der Waals surface area contributed by atoms with Crippen molar-refractivity contribution in [2.45, 2.75) is 32.9 Å². The maximum atomic E-state index is 9.37. The Morgan fingerprint density at radius 2 is 1.80 bits per heavy atom. The summed E-state index contributed by atoms with van der Waals surface area (Å²) in [6.45, 7) is 3.26. The summed E-state index contributed by atoms with van der Waals surface area (Å²) in [6, 6.07) is 24.5. The summed E-state index contributed by atoms with van der Waals surface area (Å²) in [5, 5.41) is 9.37. The van der Waals surface area contributed by atoms with Crippen LogP contribution in [-0.2, 0) is 23.9 Å². The van der Waals surface area contributed by atoms with Crippen LogP contribution in [0.25, 0.3) is 22.2 Å². The van der Waals surface area contributed by atoms with E-state index >= 15 is 0 Å². The standard InChI is InChI=1S/C25H22ClN3O/c1-2-5-25-28-23-13-10-19(17-30-26)14-24(23)29(25)16-18-8-11-20(12-9-18)22-7-4-3-6-21(22)15-27/h3-4,6-14H,2,5,16-17H2,1H3. The van der Waals surface area contributed by atoms with Gasteiger partial charge in [-0.15, -0.1) is 0 Å². The van der Waals surface area contributed by atoms with Gasteiger partial charge in [0.2, 0.25) is 0 Å². The second kappa shape index (κ2) is 9.13. The molecule has 0 aliphatic heterocycles. The van der Waals surface area contributed by atoms with Gasteiger partial charge >= 0.3 is 0 Å². The second-order valence-corrected chi connectivity index (χ2v) is 7.51. The number of hydrogen-bond donors (Lipinski definition) is 0. The van der Waals surface area contributed by atoms with Crippen LogP contribution in [0.15, 0.2) is 66.7 Å². The Bertz CT molecular complexity index is 1210. The smallest absolute Gasteiger partial charge is 0.110 e. The van der Waals surface area contributed by atoms with Gasteiger partial charge in [0.15, 0.2) is 0 Å². The zero-order valence-electron chi connectivity index (χ0n) is 16.8. The highest BCUT2D eigenvalue weighted by Gasteiger charge is 2.12. The average molecular weight is 416 g/mol. The lowest BCUT2D eigenvalue weighted by Crippen LogP contribution is -2.05. The monoisotopic (exact) mass is 415 g/mol. The van der Waals surface area contributed by atoms with E-state index in [9.17, 15) is 5.26 Å². The largest absolute Gasteiger partial charge is 0.323 e. The lowest BCUT2D eigenvalue weighted by atomic mass is 9.99. The van der Waals surface area contributed by atoms with Crippen LogP contribution in [0.3, 0.4) is 0 Å².